The Bertz CT molecular complexity index is 468. The van der Waals surface area contributed by atoms with Crippen LogP contribution in [0, 0.1) is 0 Å². The molecule has 0 radical (unpaired) electrons. The summed E-state index contributed by atoms with van der Waals surface area (Å²) in [6.07, 6.45) is 3.18. The Labute approximate surface area is 120 Å². The van der Waals surface area contributed by atoms with Gasteiger partial charge in [0.05, 0.1) is 0 Å². The highest BCUT2D eigenvalue weighted by Crippen LogP contribution is 2.18. The first kappa shape index (κ1) is 14.8. The van der Waals surface area contributed by atoms with E-state index in [1.54, 1.807) is 0 Å². The van der Waals surface area contributed by atoms with Gasteiger partial charge in [-0.3, -0.25) is 9.69 Å². The predicted molar refractivity (Wildman–Crippen MR) is 81.4 cm³/mol. The van der Waals surface area contributed by atoms with Gasteiger partial charge in [0.15, 0.2) is 0 Å². The van der Waals surface area contributed by atoms with E-state index in [1.807, 2.05) is 49.3 Å². The van der Waals surface area contributed by atoms with E-state index >= 15 is 0 Å². The van der Waals surface area contributed by atoms with Crippen LogP contribution in [0.3, 0.4) is 0 Å². The Morgan fingerprint density at radius 3 is 2.70 bits per heavy atom. The van der Waals surface area contributed by atoms with E-state index in [-0.39, 0.29) is 11.9 Å². The molecule has 0 saturated carbocycles. The summed E-state index contributed by atoms with van der Waals surface area (Å²) in [6.45, 7) is 2.55. The van der Waals surface area contributed by atoms with Gasteiger partial charge in [0.25, 0.3) is 0 Å². The van der Waals surface area contributed by atoms with Gasteiger partial charge in [0, 0.05) is 13.1 Å². The van der Waals surface area contributed by atoms with Crippen LogP contribution in [0.15, 0.2) is 42.0 Å². The van der Waals surface area contributed by atoms with Gasteiger partial charge in [-0.2, -0.15) is 0 Å². The summed E-state index contributed by atoms with van der Waals surface area (Å²) in [5, 5.41) is 6.33. The first-order chi connectivity index (χ1) is 9.68. The van der Waals surface area contributed by atoms with Gasteiger partial charge < -0.3 is 10.6 Å². The molecule has 0 fully saturated rings. The smallest absolute Gasteiger partial charge is 0.242 e. The van der Waals surface area contributed by atoms with Crippen LogP contribution in [-0.4, -0.2) is 44.5 Å². The summed E-state index contributed by atoms with van der Waals surface area (Å²) in [6, 6.07) is 9.65. The Hall–Kier alpha value is -1.65. The number of hydrogen-bond acceptors (Lipinski definition) is 3. The maximum Gasteiger partial charge on any atom is 0.242 e. The first-order valence-corrected chi connectivity index (χ1v) is 7.06. The third kappa shape index (κ3) is 3.92. The van der Waals surface area contributed by atoms with E-state index in [9.17, 15) is 4.79 Å². The normalized spacial score (nSPS) is 16.6. The van der Waals surface area contributed by atoms with Gasteiger partial charge in [0.2, 0.25) is 5.91 Å². The van der Waals surface area contributed by atoms with Gasteiger partial charge in [-0.05, 0) is 32.6 Å². The van der Waals surface area contributed by atoms with Crippen molar-refractivity contribution in [2.24, 2.45) is 0 Å². The number of nitrogens with zero attached hydrogens (tertiary/aromatic N) is 1. The standard InChI is InChI=1S/C16H23N3O/c1-19(2)15(14-6-4-3-5-7-14)16(20)18-12-13-8-10-17-11-9-13/h3-8,15,17H,9-12H2,1-2H3,(H,18,20). The van der Waals surface area contributed by atoms with Gasteiger partial charge in [-0.15, -0.1) is 0 Å². The number of amides is 1. The summed E-state index contributed by atoms with van der Waals surface area (Å²) >= 11 is 0. The first-order valence-electron chi connectivity index (χ1n) is 7.06. The molecule has 1 aromatic rings. The molecule has 1 heterocycles. The molecule has 20 heavy (non-hydrogen) atoms. The average Bonchev–Trinajstić information content (AvgIpc) is 2.47. The minimum Gasteiger partial charge on any atom is -0.351 e. The highest BCUT2D eigenvalue weighted by atomic mass is 16.2. The minimum atomic E-state index is -0.237. The number of carbonyl (C=O) groups is 1. The van der Waals surface area contributed by atoms with Gasteiger partial charge in [0.1, 0.15) is 6.04 Å². The van der Waals surface area contributed by atoms with Crippen LogP contribution in [0.2, 0.25) is 0 Å². The molecule has 1 aliphatic rings. The van der Waals surface area contributed by atoms with Crippen molar-refractivity contribution < 1.29 is 4.79 Å². The Morgan fingerprint density at radius 1 is 1.35 bits per heavy atom. The maximum absolute atomic E-state index is 12.4. The molecule has 4 nitrogen and oxygen atoms in total. The van der Waals surface area contributed by atoms with Crippen LogP contribution in [0.4, 0.5) is 0 Å². The lowest BCUT2D eigenvalue weighted by molar-refractivity contribution is -0.125. The van der Waals surface area contributed by atoms with Gasteiger partial charge in [-0.25, -0.2) is 0 Å². The largest absolute Gasteiger partial charge is 0.351 e. The molecular formula is C16H23N3O. The van der Waals surface area contributed by atoms with Gasteiger partial charge >= 0.3 is 0 Å². The molecule has 0 saturated heterocycles. The van der Waals surface area contributed by atoms with Crippen LogP contribution in [0.1, 0.15) is 18.0 Å². The summed E-state index contributed by atoms with van der Waals surface area (Å²) in [5.41, 5.74) is 2.33. The fourth-order valence-electron chi connectivity index (χ4n) is 2.45. The third-order valence-electron chi connectivity index (χ3n) is 3.53. The fourth-order valence-corrected chi connectivity index (χ4v) is 2.45. The van der Waals surface area contributed by atoms with Crippen molar-refractivity contribution in [2.45, 2.75) is 12.5 Å². The van der Waals surface area contributed by atoms with Crippen molar-refractivity contribution in [2.75, 3.05) is 33.7 Å². The minimum absolute atomic E-state index is 0.0561. The number of benzene rings is 1. The number of likely N-dealkylation sites (N-methyl/N-ethyl adjacent to an activating group) is 1. The highest BCUT2D eigenvalue weighted by molar-refractivity contribution is 5.83. The molecule has 2 rings (SSSR count). The zero-order valence-electron chi connectivity index (χ0n) is 12.2. The number of rotatable bonds is 5. The van der Waals surface area contributed by atoms with Crippen molar-refractivity contribution in [3.05, 3.63) is 47.5 Å². The second kappa shape index (κ2) is 7.22. The molecule has 1 aliphatic heterocycles. The summed E-state index contributed by atoms with van der Waals surface area (Å²) < 4.78 is 0. The van der Waals surface area contributed by atoms with E-state index < -0.39 is 0 Å². The van der Waals surface area contributed by atoms with Crippen LogP contribution >= 0.6 is 0 Å². The van der Waals surface area contributed by atoms with Crippen molar-refractivity contribution in [3.8, 4) is 0 Å². The maximum atomic E-state index is 12.4. The van der Waals surface area contributed by atoms with Crippen LogP contribution in [0.5, 0.6) is 0 Å². The van der Waals surface area contributed by atoms with Gasteiger partial charge in [-0.1, -0.05) is 42.0 Å². The van der Waals surface area contributed by atoms with Crippen LogP contribution < -0.4 is 10.6 Å². The van der Waals surface area contributed by atoms with Crippen molar-refractivity contribution in [3.63, 3.8) is 0 Å². The molecule has 4 heteroatoms. The fraction of sp³-hybridized carbons (Fsp3) is 0.438. The lowest BCUT2D eigenvalue weighted by Gasteiger charge is -2.24. The van der Waals surface area contributed by atoms with E-state index in [0.29, 0.717) is 6.54 Å². The van der Waals surface area contributed by atoms with Crippen molar-refractivity contribution in [1.29, 1.82) is 0 Å². The molecule has 0 aliphatic carbocycles. The Balaban J connectivity index is 1.99. The second-order valence-corrected chi connectivity index (χ2v) is 5.31. The van der Waals surface area contributed by atoms with Crippen molar-refractivity contribution in [1.82, 2.24) is 15.5 Å². The van der Waals surface area contributed by atoms with Crippen LogP contribution in [-0.2, 0) is 4.79 Å². The van der Waals surface area contributed by atoms with E-state index in [0.717, 1.165) is 25.1 Å². The lowest BCUT2D eigenvalue weighted by atomic mass is 10.0. The Kier molecular flexibility index (Phi) is 5.32. The molecule has 1 unspecified atom stereocenters. The third-order valence-corrected chi connectivity index (χ3v) is 3.53. The zero-order valence-corrected chi connectivity index (χ0v) is 12.2. The predicted octanol–water partition coefficient (Wildman–Crippen LogP) is 1.33. The SMILES string of the molecule is CN(C)C(C(=O)NCC1=CCNCC1)c1ccccc1. The number of carbonyl (C=O) groups excluding carboxylic acids is 1. The molecule has 0 bridgehead atoms. The Morgan fingerprint density at radius 2 is 2.10 bits per heavy atom. The average molecular weight is 273 g/mol. The second-order valence-electron chi connectivity index (χ2n) is 5.31. The highest BCUT2D eigenvalue weighted by Gasteiger charge is 2.22. The quantitative estimate of drug-likeness (QED) is 0.795. The van der Waals surface area contributed by atoms with E-state index in [1.165, 1.54) is 5.57 Å². The molecule has 108 valence electrons. The molecule has 1 aromatic carbocycles. The zero-order chi connectivity index (χ0) is 14.4. The molecule has 1 amide bonds. The molecule has 1 atom stereocenters. The monoisotopic (exact) mass is 273 g/mol. The van der Waals surface area contributed by atoms with Crippen molar-refractivity contribution >= 4 is 5.91 Å². The number of nitrogens with one attached hydrogen (secondary N) is 2. The summed E-state index contributed by atoms with van der Waals surface area (Å²) in [7, 11) is 3.86. The molecular weight excluding hydrogens is 250 g/mol. The summed E-state index contributed by atoms with van der Waals surface area (Å²) in [5.74, 6) is 0.0561. The van der Waals surface area contributed by atoms with E-state index in [4.69, 9.17) is 0 Å². The number of hydrogen-bond donors (Lipinski definition) is 2. The summed E-state index contributed by atoms with van der Waals surface area (Å²) in [4.78, 5) is 14.4. The lowest BCUT2D eigenvalue weighted by Crippen LogP contribution is -2.38. The van der Waals surface area contributed by atoms with Crippen LogP contribution in [0.25, 0.3) is 0 Å². The molecule has 0 aromatic heterocycles. The molecule has 2 N–H and O–H groups in total. The topological polar surface area (TPSA) is 44.4 Å². The molecule has 0 spiro atoms. The van der Waals surface area contributed by atoms with E-state index in [2.05, 4.69) is 16.7 Å².